The predicted molar refractivity (Wildman–Crippen MR) is 405 cm³/mol. The lowest BCUT2D eigenvalue weighted by Gasteiger charge is -2.37. The Morgan fingerprint density at radius 1 is 0.356 bits per heavy atom. The number of carbonyl (C=O) groups is 6. The Kier molecular flexibility index (Phi) is 15.6. The highest BCUT2D eigenvalue weighted by Gasteiger charge is 2.48. The molecule has 0 saturated heterocycles. The van der Waals surface area contributed by atoms with E-state index in [2.05, 4.69) is 10.6 Å². The van der Waals surface area contributed by atoms with E-state index in [1.54, 1.807) is 84.9 Å². The molecule has 0 radical (unpaired) electrons. The van der Waals surface area contributed by atoms with Gasteiger partial charge in [0.05, 0.1) is 33.6 Å². The van der Waals surface area contributed by atoms with Crippen molar-refractivity contribution in [3.05, 3.63) is 251 Å². The molecule has 4 atom stereocenters. The van der Waals surface area contributed by atoms with Gasteiger partial charge in [-0.25, -0.2) is 0 Å². The zero-order valence-corrected chi connectivity index (χ0v) is 58.1. The highest BCUT2D eigenvalue weighted by molar-refractivity contribution is 6.45. The SMILES string of the molecule is CCC(C)C(C(=O)Nc1cccc2c1oc1ccccc12)N1C(=O)c2cc(Oc3ccc(C)cc3)c3c4c(Oc5ccc(C)cc5)cc5c6c(cc(Oc7ccc(C)cc7)c(c7c(Oc8ccc(C)cc8)cc(c2c37)C1=O)c64)C(=O)N(C(C(=O)Nc1cccc2c1oc1ccccc12)C(C)CC)C5=O. The van der Waals surface area contributed by atoms with Gasteiger partial charge in [-0.2, -0.15) is 0 Å². The molecule has 6 amide bonds. The third kappa shape index (κ3) is 10.5. The molecule has 0 bridgehead atoms. The van der Waals surface area contributed by atoms with Crippen LogP contribution in [0.1, 0.15) is 104 Å². The van der Waals surface area contributed by atoms with Crippen molar-refractivity contribution < 1.29 is 56.5 Å². The van der Waals surface area contributed by atoms with Gasteiger partial charge in [0.25, 0.3) is 23.6 Å². The van der Waals surface area contributed by atoms with Crippen LogP contribution in [0.2, 0.25) is 0 Å². The van der Waals surface area contributed by atoms with Crippen LogP contribution in [0.25, 0.3) is 87.0 Å². The van der Waals surface area contributed by atoms with E-state index in [-0.39, 0.29) is 56.0 Å². The molecule has 4 unspecified atom stereocenters. The Morgan fingerprint density at radius 2 is 0.635 bits per heavy atom. The van der Waals surface area contributed by atoms with Crippen LogP contribution < -0.4 is 29.6 Å². The minimum Gasteiger partial charge on any atom is -0.457 e. The average Bonchev–Trinajstić information content (AvgIpc) is 0.721. The Labute approximate surface area is 596 Å². The first-order valence-electron chi connectivity index (χ1n) is 35.0. The second kappa shape index (κ2) is 25.1. The molecule has 2 aliphatic heterocycles. The molecule has 4 heterocycles. The third-order valence-corrected chi connectivity index (χ3v) is 20.7. The number of ether oxygens (including phenoxy) is 4. The Bertz CT molecular complexity index is 5540. The van der Waals surface area contributed by atoms with Crippen LogP contribution >= 0.6 is 0 Å². The standard InChI is InChI=1S/C88H68N4O12/c1-9-49(7)79(83(93)89-63-21-15-19-57-55-17-11-13-23-65(55)103-81(57)63)91-85(95)59-41-67(99-51-33-25-45(3)26-34-51)73-75-69(101-53-37-29-47(5)30-38-53)43-61-72-62(88(98)92(87(61)97)80(50(8)10-2)84(94)90-64-22-16-20-58-56-18-12-14-24-66(56)104-82(58)64)44-70(102-54-39-31-48(6)32-40-54)76(78(72)75)74-68(100-52-35-27-46(4)28-36-52)42-60(86(91)96)71(59)77(73)74/h11-44,49-50,79-80H,9-10H2,1-8H3,(H,89,93)(H,90,94). The topological polar surface area (TPSA) is 196 Å². The number of hydrogen-bond acceptors (Lipinski definition) is 12. The zero-order chi connectivity index (χ0) is 71.7. The van der Waals surface area contributed by atoms with Crippen LogP contribution in [0.15, 0.2) is 215 Å². The van der Waals surface area contributed by atoms with E-state index in [9.17, 15) is 0 Å². The zero-order valence-electron chi connectivity index (χ0n) is 58.1. The van der Waals surface area contributed by atoms with Gasteiger partial charge >= 0.3 is 0 Å². The molecule has 17 rings (SSSR count). The van der Waals surface area contributed by atoms with Crippen LogP contribution in [0.3, 0.4) is 0 Å². The van der Waals surface area contributed by atoms with Gasteiger partial charge < -0.3 is 38.4 Å². The summed E-state index contributed by atoms with van der Waals surface area (Å²) in [4.78, 5) is 99.3. The Balaban J connectivity index is 0.956. The number of nitrogens with zero attached hydrogens (tertiary/aromatic N) is 2. The van der Waals surface area contributed by atoms with Crippen molar-refractivity contribution in [3.63, 3.8) is 0 Å². The number of aryl methyl sites for hydroxylation is 4. The number of para-hydroxylation sites is 4. The average molecular weight is 1370 g/mol. The number of imide groups is 2. The summed E-state index contributed by atoms with van der Waals surface area (Å²) < 4.78 is 41.8. The maximum atomic E-state index is 16.5. The van der Waals surface area contributed by atoms with Crippen molar-refractivity contribution in [2.75, 3.05) is 10.6 Å². The molecular weight excluding hydrogens is 1300 g/mol. The van der Waals surface area contributed by atoms with Gasteiger partial charge in [0.2, 0.25) is 11.8 Å². The summed E-state index contributed by atoms with van der Waals surface area (Å²) in [5.41, 5.74) is 6.64. The van der Waals surface area contributed by atoms with E-state index in [1.807, 2.05) is 177 Å². The lowest BCUT2D eigenvalue weighted by Crippen LogP contribution is -2.55. The Morgan fingerprint density at radius 3 is 0.923 bits per heavy atom. The first-order chi connectivity index (χ1) is 50.4. The molecule has 13 aromatic carbocycles. The monoisotopic (exact) mass is 1370 g/mol. The largest absolute Gasteiger partial charge is 0.457 e. The summed E-state index contributed by atoms with van der Waals surface area (Å²) in [5, 5.41) is 11.6. The molecule has 2 N–H and O–H groups in total. The van der Waals surface area contributed by atoms with E-state index in [0.29, 0.717) is 102 Å². The fourth-order valence-corrected chi connectivity index (χ4v) is 15.1. The number of hydrogen-bond donors (Lipinski definition) is 2. The maximum absolute atomic E-state index is 16.5. The van der Waals surface area contributed by atoms with E-state index in [0.717, 1.165) is 53.6 Å². The van der Waals surface area contributed by atoms with Crippen molar-refractivity contribution in [2.45, 2.75) is 80.3 Å². The lowest BCUT2D eigenvalue weighted by atomic mass is 9.80. The number of rotatable bonds is 18. The first kappa shape index (κ1) is 64.5. The van der Waals surface area contributed by atoms with Crippen molar-refractivity contribution in [3.8, 4) is 46.0 Å². The van der Waals surface area contributed by atoms with Gasteiger partial charge in [-0.05, 0) is 137 Å². The number of amides is 6. The van der Waals surface area contributed by atoms with Crippen LogP contribution in [0, 0.1) is 39.5 Å². The maximum Gasteiger partial charge on any atom is 0.262 e. The van der Waals surface area contributed by atoms with Crippen molar-refractivity contribution in [2.24, 2.45) is 11.8 Å². The second-order valence-corrected chi connectivity index (χ2v) is 27.5. The molecule has 16 heteroatoms. The number of fused-ring (bicyclic) bond motifs is 8. The summed E-state index contributed by atoms with van der Waals surface area (Å²) in [6, 6.07) is 59.3. The Hall–Kier alpha value is -12.8. The fraction of sp³-hybridized carbons (Fsp3) is 0.159. The van der Waals surface area contributed by atoms with Gasteiger partial charge in [-0.1, -0.05) is 172 Å². The molecule has 2 aliphatic rings. The highest BCUT2D eigenvalue weighted by Crippen LogP contribution is 2.58. The molecule has 15 aromatic rings. The minimum atomic E-state index is -1.40. The summed E-state index contributed by atoms with van der Waals surface area (Å²) in [6.45, 7) is 15.3. The first-order valence-corrected chi connectivity index (χ1v) is 35.0. The minimum absolute atomic E-state index is 0.0204. The van der Waals surface area contributed by atoms with Gasteiger partial charge in [0.1, 0.15) is 69.2 Å². The molecule has 2 aromatic heterocycles. The van der Waals surface area contributed by atoms with E-state index in [4.69, 9.17) is 27.8 Å². The number of benzene rings is 13. The number of nitrogens with one attached hydrogen (secondary N) is 2. The van der Waals surface area contributed by atoms with Gasteiger partial charge in [-0.15, -0.1) is 0 Å². The normalized spacial score (nSPS) is 14.2. The van der Waals surface area contributed by atoms with Gasteiger partial charge in [0, 0.05) is 64.6 Å². The van der Waals surface area contributed by atoms with E-state index >= 15 is 28.8 Å². The highest BCUT2D eigenvalue weighted by atomic mass is 16.5. The van der Waals surface area contributed by atoms with Crippen molar-refractivity contribution in [1.29, 1.82) is 0 Å². The van der Waals surface area contributed by atoms with E-state index in [1.165, 1.54) is 0 Å². The predicted octanol–water partition coefficient (Wildman–Crippen LogP) is 21.2. The fourth-order valence-electron chi connectivity index (χ4n) is 15.1. The third-order valence-electron chi connectivity index (χ3n) is 20.7. The second-order valence-electron chi connectivity index (χ2n) is 27.5. The van der Waals surface area contributed by atoms with Crippen LogP contribution in [0.5, 0.6) is 46.0 Å². The number of anilines is 2. The quantitative estimate of drug-likeness (QED) is 0.0469. The molecule has 0 saturated carbocycles. The van der Waals surface area contributed by atoms with Crippen LogP contribution in [0.4, 0.5) is 11.4 Å². The molecule has 16 nitrogen and oxygen atoms in total. The summed E-state index contributed by atoms with van der Waals surface area (Å²) in [5.74, 6) is -3.73. The van der Waals surface area contributed by atoms with Gasteiger partial charge in [-0.3, -0.25) is 38.6 Å². The molecule has 0 aliphatic carbocycles. The molecule has 0 spiro atoms. The van der Waals surface area contributed by atoms with Crippen molar-refractivity contribution in [1.82, 2.24) is 9.80 Å². The summed E-state index contributed by atoms with van der Waals surface area (Å²) >= 11 is 0. The molecule has 512 valence electrons. The molecule has 0 fully saturated rings. The molecular formula is C88H68N4O12. The smallest absolute Gasteiger partial charge is 0.262 e. The van der Waals surface area contributed by atoms with E-state index < -0.39 is 59.4 Å². The molecule has 104 heavy (non-hydrogen) atoms. The van der Waals surface area contributed by atoms with Crippen LogP contribution in [-0.4, -0.2) is 57.3 Å². The lowest BCUT2D eigenvalue weighted by molar-refractivity contribution is -0.122. The number of furan rings is 2. The van der Waals surface area contributed by atoms with Gasteiger partial charge in [0.15, 0.2) is 11.2 Å². The number of carbonyl (C=O) groups excluding carboxylic acids is 6. The van der Waals surface area contributed by atoms with Crippen LogP contribution in [-0.2, 0) is 9.59 Å². The van der Waals surface area contributed by atoms with Crippen molar-refractivity contribution >= 4 is 134 Å². The summed E-state index contributed by atoms with van der Waals surface area (Å²) in [7, 11) is 0. The summed E-state index contributed by atoms with van der Waals surface area (Å²) in [6.07, 6.45) is 0.751.